The summed E-state index contributed by atoms with van der Waals surface area (Å²) in [7, 11) is 1.54. The first-order chi connectivity index (χ1) is 31.5. The molecule has 9 heteroatoms. The Hall–Kier alpha value is -4.62. The van der Waals surface area contributed by atoms with Gasteiger partial charge in [-0.2, -0.15) is 0 Å². The minimum absolute atomic E-state index is 0.00378. The highest BCUT2D eigenvalue weighted by atomic mass is 16.5. The molecule has 0 amide bonds. The maximum absolute atomic E-state index is 14.7. The number of carbonyl (C=O) groups is 2. The molecule has 9 nitrogen and oxygen atoms in total. The van der Waals surface area contributed by atoms with E-state index in [0.29, 0.717) is 104 Å². The number of aromatic hydroxyl groups is 1. The second-order valence-electron chi connectivity index (χ2n) is 21.2. The predicted molar refractivity (Wildman–Crippen MR) is 254 cm³/mol. The van der Waals surface area contributed by atoms with Crippen molar-refractivity contribution in [2.75, 3.05) is 20.2 Å². The van der Waals surface area contributed by atoms with E-state index in [2.05, 4.69) is 58.9 Å². The van der Waals surface area contributed by atoms with Gasteiger partial charge in [-0.25, -0.2) is 0 Å². The Morgan fingerprint density at radius 2 is 1.77 bits per heavy atom. The van der Waals surface area contributed by atoms with Crippen LogP contribution in [0.15, 0.2) is 78.1 Å². The summed E-state index contributed by atoms with van der Waals surface area (Å²) in [5, 5.41) is 45.0. The highest BCUT2D eigenvalue weighted by molar-refractivity contribution is 5.89. The average molecular weight is 880 g/mol. The largest absolute Gasteiger partial charge is 0.504 e. The van der Waals surface area contributed by atoms with Gasteiger partial charge in [-0.15, -0.1) is 0 Å². The maximum Gasteiger partial charge on any atom is 0.160 e. The van der Waals surface area contributed by atoms with Crippen LogP contribution in [0.1, 0.15) is 131 Å². The molecule has 10 rings (SSSR count). The Balaban J connectivity index is 0.906. The third-order valence-electron chi connectivity index (χ3n) is 18.0. The monoisotopic (exact) mass is 880 g/mol. The number of fused-ring (bicyclic) bond motifs is 6. The molecule has 3 aromatic carbocycles. The fourth-order valence-electron chi connectivity index (χ4n) is 14.8. The Kier molecular flexibility index (Phi) is 12.4. The second-order valence-corrected chi connectivity index (χ2v) is 21.2. The van der Waals surface area contributed by atoms with Crippen LogP contribution in [-0.2, 0) is 16.0 Å². The van der Waals surface area contributed by atoms with Crippen LogP contribution >= 0.6 is 0 Å². The molecule has 5 fully saturated rings. The van der Waals surface area contributed by atoms with Gasteiger partial charge >= 0.3 is 0 Å². The lowest BCUT2D eigenvalue weighted by molar-refractivity contribution is -0.140. The van der Waals surface area contributed by atoms with E-state index in [-0.39, 0.29) is 35.2 Å². The number of nitrogens with two attached hydrogens (primary N) is 1. The summed E-state index contributed by atoms with van der Waals surface area (Å²) in [5.41, 5.74) is 9.32. The highest BCUT2D eigenvalue weighted by Crippen LogP contribution is 2.64. The first-order valence-corrected chi connectivity index (χ1v) is 25.0. The number of allylic oxidation sites excluding steroid dienone is 2. The van der Waals surface area contributed by atoms with Crippen LogP contribution in [0.2, 0.25) is 0 Å². The summed E-state index contributed by atoms with van der Waals surface area (Å²) < 4.78 is 5.56. The molecule has 0 radical (unpaired) electrons. The topological polar surface area (TPSA) is 154 Å². The molecule has 344 valence electrons. The predicted octanol–water partition coefficient (Wildman–Crippen LogP) is 8.49. The van der Waals surface area contributed by atoms with Gasteiger partial charge in [0.05, 0.1) is 25.1 Å². The number of aryl methyl sites for hydroxylation is 1. The molecule has 0 bridgehead atoms. The number of benzene rings is 3. The zero-order valence-corrected chi connectivity index (χ0v) is 38.2. The first-order valence-electron chi connectivity index (χ1n) is 25.0. The van der Waals surface area contributed by atoms with Gasteiger partial charge in [-0.3, -0.25) is 9.59 Å². The van der Waals surface area contributed by atoms with Gasteiger partial charge in [-0.05, 0) is 170 Å². The molecule has 11 atom stereocenters. The van der Waals surface area contributed by atoms with Crippen molar-refractivity contribution in [3.63, 3.8) is 0 Å². The first kappa shape index (κ1) is 44.2. The minimum Gasteiger partial charge on any atom is -0.504 e. The number of methoxy groups -OCH3 is 1. The number of aliphatic hydroxyl groups excluding tert-OH is 2. The van der Waals surface area contributed by atoms with Crippen LogP contribution in [0.4, 0.5) is 0 Å². The van der Waals surface area contributed by atoms with Gasteiger partial charge in [0, 0.05) is 43.7 Å². The van der Waals surface area contributed by atoms with E-state index < -0.39 is 17.6 Å². The lowest BCUT2D eigenvalue weighted by atomic mass is 9.47. The summed E-state index contributed by atoms with van der Waals surface area (Å²) in [6.07, 6.45) is 16.6. The third kappa shape index (κ3) is 8.31. The zero-order valence-electron chi connectivity index (χ0n) is 38.2. The highest BCUT2D eigenvalue weighted by Gasteiger charge is 2.59. The van der Waals surface area contributed by atoms with E-state index in [0.717, 1.165) is 58.8 Å². The van der Waals surface area contributed by atoms with Crippen molar-refractivity contribution >= 4 is 22.3 Å². The number of phenolic OH excluding ortho intramolecular Hbond substituents is 1. The Bertz CT molecular complexity index is 2420. The van der Waals surface area contributed by atoms with Gasteiger partial charge in [0.1, 0.15) is 11.2 Å². The number of ether oxygens (including phenoxy) is 1. The van der Waals surface area contributed by atoms with Gasteiger partial charge in [0.2, 0.25) is 0 Å². The molecule has 2 heterocycles. The number of aliphatic hydroxyl groups is 2. The molecular formula is C56H69N3O6. The van der Waals surface area contributed by atoms with Crippen molar-refractivity contribution < 1.29 is 29.6 Å². The van der Waals surface area contributed by atoms with E-state index in [1.165, 1.54) is 45.6 Å². The molecule has 0 aromatic heterocycles. The lowest BCUT2D eigenvalue weighted by Crippen LogP contribution is -2.61. The standard InChI is InChI=1S/C56H69N3O6/c1-65-51-27-38-11-17-52(63)56(24-19-40(28-53(56)64)47-16-15-43-44-14-13-42(61)31-49(44)59-33-48(43)55(47)21-4-5-22-55)23-18-35(46(38)32-50(51)62)10-12-41(60)30-45(39-20-25-58-54(57)29-39)37-9-8-34-6-2-3-7-36(34)26-37/h2-3,6-9,20,26-27,29,32,35,40-41,43-45,47-49,53,58-60,62,64H,4-5,10-17,19,21-22,24-25,28,30-31,33,57H2,1H3. The number of piperidine rings is 1. The number of phenols is 1. The molecule has 4 saturated carbocycles. The fourth-order valence-corrected chi connectivity index (χ4v) is 14.8. The molecule has 65 heavy (non-hydrogen) atoms. The van der Waals surface area contributed by atoms with E-state index >= 15 is 0 Å². The second kappa shape index (κ2) is 18.2. The van der Waals surface area contributed by atoms with Crippen molar-refractivity contribution in [2.45, 2.75) is 139 Å². The van der Waals surface area contributed by atoms with Crippen LogP contribution in [0.3, 0.4) is 0 Å². The number of hydrogen-bond acceptors (Lipinski definition) is 9. The fraction of sp³-hybridized carbons (Fsp3) is 0.571. The molecular weight excluding hydrogens is 811 g/mol. The van der Waals surface area contributed by atoms with Crippen molar-refractivity contribution in [3.05, 3.63) is 94.8 Å². The van der Waals surface area contributed by atoms with Crippen molar-refractivity contribution in [1.82, 2.24) is 10.6 Å². The third-order valence-corrected chi connectivity index (χ3v) is 18.0. The van der Waals surface area contributed by atoms with E-state index in [1.807, 2.05) is 24.3 Å². The molecule has 1 saturated heterocycles. The van der Waals surface area contributed by atoms with Crippen molar-refractivity contribution in [2.24, 2.45) is 46.2 Å². The van der Waals surface area contributed by atoms with E-state index in [9.17, 15) is 24.9 Å². The number of rotatable bonds is 9. The molecule has 7 N–H and O–H groups in total. The minimum atomic E-state index is -1.16. The quantitative estimate of drug-likeness (QED) is 0.116. The Morgan fingerprint density at radius 1 is 0.938 bits per heavy atom. The normalized spacial score (nSPS) is 32.8. The Labute approximate surface area is 385 Å². The summed E-state index contributed by atoms with van der Waals surface area (Å²) >= 11 is 0. The van der Waals surface area contributed by atoms with E-state index in [4.69, 9.17) is 10.5 Å². The molecule has 2 aliphatic heterocycles. The summed E-state index contributed by atoms with van der Waals surface area (Å²) in [6.45, 7) is 1.62. The smallest absolute Gasteiger partial charge is 0.160 e. The zero-order chi connectivity index (χ0) is 44.9. The van der Waals surface area contributed by atoms with Gasteiger partial charge in [-0.1, -0.05) is 73.2 Å². The number of nitrogens with one attached hydrogen (secondary N) is 2. The number of ketones is 2. The van der Waals surface area contributed by atoms with Gasteiger partial charge in [0.25, 0.3) is 0 Å². The lowest BCUT2D eigenvalue weighted by Gasteiger charge is -2.60. The molecule has 2 spiro atoms. The van der Waals surface area contributed by atoms with Crippen LogP contribution in [-0.4, -0.2) is 65.3 Å². The number of carbonyl (C=O) groups excluding carboxylic acids is 2. The maximum atomic E-state index is 14.7. The van der Waals surface area contributed by atoms with Crippen molar-refractivity contribution in [1.29, 1.82) is 0 Å². The summed E-state index contributed by atoms with van der Waals surface area (Å²) in [4.78, 5) is 27.1. The SMILES string of the molecule is COc1cc2c(cc1O)C(CCC(O)CC(C1=CCNC(N)=C1)c1ccc3ccccc3c1)C#CC1(CCC(C3CCC4C5CCC(=O)CC5NCC4C34CCCC4)CC1O)C(=O)CC2. The van der Waals surface area contributed by atoms with Crippen molar-refractivity contribution in [3.8, 4) is 23.3 Å². The van der Waals surface area contributed by atoms with Crippen LogP contribution in [0.25, 0.3) is 10.8 Å². The van der Waals surface area contributed by atoms with Crippen LogP contribution in [0, 0.1) is 52.3 Å². The van der Waals surface area contributed by atoms with Crippen LogP contribution in [0.5, 0.6) is 11.5 Å². The van der Waals surface area contributed by atoms with E-state index in [1.54, 1.807) is 6.07 Å². The number of Topliss-reactive ketones (excluding diaryl/α,β-unsaturated/α-hetero) is 2. The summed E-state index contributed by atoms with van der Waals surface area (Å²) in [6, 6.07) is 18.7. The molecule has 3 aromatic rings. The number of hydrogen-bond donors (Lipinski definition) is 6. The van der Waals surface area contributed by atoms with Crippen LogP contribution < -0.4 is 21.1 Å². The molecule has 11 unspecified atom stereocenters. The molecule has 5 aliphatic carbocycles. The Morgan fingerprint density at radius 3 is 2.57 bits per heavy atom. The summed E-state index contributed by atoms with van der Waals surface area (Å²) in [5.74, 6) is 10.7. The molecule has 7 aliphatic rings. The number of dihydropyridines is 1. The van der Waals surface area contributed by atoms with Gasteiger partial charge < -0.3 is 36.4 Å². The average Bonchev–Trinajstić information content (AvgIpc) is 3.81. The van der Waals surface area contributed by atoms with Gasteiger partial charge in [0.15, 0.2) is 17.3 Å².